The number of anilines is 2. The Morgan fingerprint density at radius 1 is 1.19 bits per heavy atom. The van der Waals surface area contributed by atoms with Crippen LogP contribution in [0.4, 0.5) is 15.9 Å². The molecule has 1 fully saturated rings. The SMILES string of the molecule is CC(C)C#Cc1ncc(F)cc1N1CCC(=O)N1c1ccn2ncc(C(=O)OCc3ccccc3)c2n1. The smallest absolute Gasteiger partial charge is 0.343 e. The van der Waals surface area contributed by atoms with Crippen LogP contribution in [0, 0.1) is 23.6 Å². The van der Waals surface area contributed by atoms with Gasteiger partial charge in [-0.3, -0.25) is 9.80 Å². The van der Waals surface area contributed by atoms with Gasteiger partial charge in [-0.05, 0) is 11.5 Å². The number of hydrogen-bond donors (Lipinski definition) is 0. The molecule has 1 aromatic carbocycles. The molecule has 1 saturated heterocycles. The number of amides is 1. The van der Waals surface area contributed by atoms with E-state index in [1.165, 1.54) is 21.8 Å². The maximum absolute atomic E-state index is 14.2. The van der Waals surface area contributed by atoms with E-state index in [2.05, 4.69) is 26.9 Å². The molecule has 0 aliphatic carbocycles. The minimum absolute atomic E-state index is 0.0852. The molecule has 10 heteroatoms. The summed E-state index contributed by atoms with van der Waals surface area (Å²) >= 11 is 0. The summed E-state index contributed by atoms with van der Waals surface area (Å²) in [7, 11) is 0. The lowest BCUT2D eigenvalue weighted by molar-refractivity contribution is -0.117. The maximum Gasteiger partial charge on any atom is 0.343 e. The Bertz CT molecular complexity index is 1540. The molecule has 9 nitrogen and oxygen atoms in total. The molecule has 4 heterocycles. The van der Waals surface area contributed by atoms with Crippen molar-refractivity contribution in [2.24, 2.45) is 5.92 Å². The van der Waals surface area contributed by atoms with E-state index in [1.54, 1.807) is 17.3 Å². The molecule has 186 valence electrons. The van der Waals surface area contributed by atoms with E-state index >= 15 is 0 Å². The van der Waals surface area contributed by atoms with Crippen molar-refractivity contribution in [2.45, 2.75) is 26.9 Å². The summed E-state index contributed by atoms with van der Waals surface area (Å²) in [6, 6.07) is 12.2. The zero-order chi connectivity index (χ0) is 25.9. The van der Waals surface area contributed by atoms with Gasteiger partial charge in [-0.1, -0.05) is 50.1 Å². The van der Waals surface area contributed by atoms with Gasteiger partial charge in [0.1, 0.15) is 23.7 Å². The maximum atomic E-state index is 14.2. The number of fused-ring (bicyclic) bond motifs is 1. The first kappa shape index (κ1) is 23.9. The van der Waals surface area contributed by atoms with Gasteiger partial charge in [-0.25, -0.2) is 28.7 Å². The average Bonchev–Trinajstić information content (AvgIpc) is 3.50. The third-order valence-corrected chi connectivity index (χ3v) is 5.61. The monoisotopic (exact) mass is 498 g/mol. The van der Waals surface area contributed by atoms with Gasteiger partial charge in [0.05, 0.1) is 18.1 Å². The molecule has 0 spiro atoms. The number of hydrazine groups is 1. The Morgan fingerprint density at radius 3 is 2.78 bits per heavy atom. The normalized spacial score (nSPS) is 13.2. The molecule has 0 radical (unpaired) electrons. The van der Waals surface area contributed by atoms with Crippen molar-refractivity contribution >= 4 is 29.0 Å². The van der Waals surface area contributed by atoms with Gasteiger partial charge >= 0.3 is 5.97 Å². The van der Waals surface area contributed by atoms with Crippen LogP contribution in [0.15, 0.2) is 61.1 Å². The van der Waals surface area contributed by atoms with Crippen molar-refractivity contribution in [1.82, 2.24) is 19.6 Å². The molecule has 0 bridgehead atoms. The highest BCUT2D eigenvalue weighted by Crippen LogP contribution is 2.30. The van der Waals surface area contributed by atoms with Crippen molar-refractivity contribution in [1.29, 1.82) is 0 Å². The lowest BCUT2D eigenvalue weighted by Crippen LogP contribution is -2.40. The van der Waals surface area contributed by atoms with Crippen molar-refractivity contribution in [3.05, 3.63) is 83.7 Å². The Labute approximate surface area is 212 Å². The zero-order valence-electron chi connectivity index (χ0n) is 20.3. The van der Waals surface area contributed by atoms with Crippen LogP contribution < -0.4 is 10.0 Å². The van der Waals surface area contributed by atoms with Crippen molar-refractivity contribution in [3.63, 3.8) is 0 Å². The number of carbonyl (C=O) groups is 2. The van der Waals surface area contributed by atoms with Crippen LogP contribution >= 0.6 is 0 Å². The number of benzene rings is 1. The van der Waals surface area contributed by atoms with Gasteiger partial charge in [-0.2, -0.15) is 5.10 Å². The molecule has 0 atom stereocenters. The summed E-state index contributed by atoms with van der Waals surface area (Å²) in [5.41, 5.74) is 1.95. The third-order valence-electron chi connectivity index (χ3n) is 5.61. The number of halogens is 1. The van der Waals surface area contributed by atoms with Crippen LogP contribution in [-0.2, 0) is 16.1 Å². The predicted molar refractivity (Wildman–Crippen MR) is 134 cm³/mol. The molecule has 3 aromatic heterocycles. The largest absolute Gasteiger partial charge is 0.457 e. The van der Waals surface area contributed by atoms with E-state index in [4.69, 9.17) is 4.74 Å². The first-order valence-electron chi connectivity index (χ1n) is 11.7. The fourth-order valence-corrected chi connectivity index (χ4v) is 3.88. The summed E-state index contributed by atoms with van der Waals surface area (Å²) < 4.78 is 21.1. The van der Waals surface area contributed by atoms with Crippen LogP contribution in [0.25, 0.3) is 5.65 Å². The molecule has 1 amide bonds. The van der Waals surface area contributed by atoms with E-state index in [0.717, 1.165) is 11.8 Å². The van der Waals surface area contributed by atoms with Gasteiger partial charge in [0.15, 0.2) is 11.5 Å². The van der Waals surface area contributed by atoms with Crippen molar-refractivity contribution in [2.75, 3.05) is 16.6 Å². The molecule has 37 heavy (non-hydrogen) atoms. The highest BCUT2D eigenvalue weighted by Gasteiger charge is 2.34. The number of hydrogen-bond acceptors (Lipinski definition) is 7. The predicted octanol–water partition coefficient (Wildman–Crippen LogP) is 3.79. The van der Waals surface area contributed by atoms with Crippen LogP contribution in [0.5, 0.6) is 0 Å². The second kappa shape index (κ2) is 10.1. The topological polar surface area (TPSA) is 92.9 Å². The van der Waals surface area contributed by atoms with Crippen LogP contribution in [-0.4, -0.2) is 38.0 Å². The van der Waals surface area contributed by atoms with E-state index in [1.807, 2.05) is 44.2 Å². The Kier molecular flexibility index (Phi) is 6.51. The lowest BCUT2D eigenvalue weighted by Gasteiger charge is -2.29. The summed E-state index contributed by atoms with van der Waals surface area (Å²) in [4.78, 5) is 34.5. The van der Waals surface area contributed by atoms with Crippen LogP contribution in [0.3, 0.4) is 0 Å². The van der Waals surface area contributed by atoms with E-state index < -0.39 is 11.8 Å². The van der Waals surface area contributed by atoms with Crippen molar-refractivity contribution in [3.8, 4) is 11.8 Å². The summed E-state index contributed by atoms with van der Waals surface area (Å²) in [5.74, 6) is 4.97. The van der Waals surface area contributed by atoms with E-state index in [-0.39, 0.29) is 41.9 Å². The Hall–Kier alpha value is -4.78. The van der Waals surface area contributed by atoms with Gasteiger partial charge in [-0.15, -0.1) is 0 Å². The fraction of sp³-hybridized carbons (Fsp3) is 0.222. The number of carbonyl (C=O) groups excluding carboxylic acids is 2. The zero-order valence-corrected chi connectivity index (χ0v) is 20.3. The minimum atomic E-state index is -0.589. The van der Waals surface area contributed by atoms with E-state index in [0.29, 0.717) is 17.9 Å². The lowest BCUT2D eigenvalue weighted by atomic mass is 10.2. The standard InChI is InChI=1S/C27H23FN6O3/c1-18(2)8-9-22-23(14-20(28)15-29-22)33-13-11-25(35)34(33)24-10-12-32-26(31-24)21(16-30-32)27(36)37-17-19-6-4-3-5-7-19/h3-7,10,12,14-16,18H,11,13,17H2,1-2H3. The quantitative estimate of drug-likeness (QED) is 0.305. The van der Waals surface area contributed by atoms with Crippen molar-refractivity contribution < 1.29 is 18.7 Å². The van der Waals surface area contributed by atoms with E-state index in [9.17, 15) is 14.0 Å². The van der Waals surface area contributed by atoms with Gasteiger partial charge in [0.25, 0.3) is 0 Å². The molecular formula is C27H23FN6O3. The average molecular weight is 499 g/mol. The van der Waals surface area contributed by atoms with Gasteiger partial charge < -0.3 is 4.74 Å². The first-order chi connectivity index (χ1) is 17.9. The third kappa shape index (κ3) is 4.97. The second-order valence-electron chi connectivity index (χ2n) is 8.70. The molecular weight excluding hydrogens is 475 g/mol. The summed E-state index contributed by atoms with van der Waals surface area (Å²) in [6.07, 6.45) is 4.25. The number of nitrogens with zero attached hydrogens (tertiary/aromatic N) is 6. The molecule has 1 aliphatic rings. The van der Waals surface area contributed by atoms with Crippen LogP contribution in [0.1, 0.15) is 41.9 Å². The number of rotatable bonds is 5. The fourth-order valence-electron chi connectivity index (χ4n) is 3.88. The van der Waals surface area contributed by atoms with Crippen LogP contribution in [0.2, 0.25) is 0 Å². The molecule has 0 saturated carbocycles. The van der Waals surface area contributed by atoms with Gasteiger partial charge in [0, 0.05) is 37.2 Å². The van der Waals surface area contributed by atoms with Gasteiger partial charge in [0.2, 0.25) is 5.91 Å². The number of ether oxygens (including phenoxy) is 1. The molecule has 5 rings (SSSR count). The summed E-state index contributed by atoms with van der Waals surface area (Å²) in [5, 5.41) is 7.14. The molecule has 0 unspecified atom stereocenters. The Balaban J connectivity index is 1.48. The molecule has 0 N–H and O–H groups in total. The highest BCUT2D eigenvalue weighted by atomic mass is 19.1. The molecule has 1 aliphatic heterocycles. The second-order valence-corrected chi connectivity index (χ2v) is 8.70. The number of esters is 1. The molecule has 4 aromatic rings. The highest BCUT2D eigenvalue weighted by molar-refractivity contribution is 5.99. The number of pyridine rings is 1. The summed E-state index contributed by atoms with van der Waals surface area (Å²) in [6.45, 7) is 4.27. The number of aromatic nitrogens is 4. The first-order valence-corrected chi connectivity index (χ1v) is 11.7. The Morgan fingerprint density at radius 2 is 2.00 bits per heavy atom. The minimum Gasteiger partial charge on any atom is -0.457 e.